The standard InChI is InChI=1S/C10H20N2O2/c1-8-6-11-7-9(8)10(13)12(2)4-5-14-3/h8-9,11H,4-7H2,1-3H3. The van der Waals surface area contributed by atoms with Crippen molar-refractivity contribution >= 4 is 5.91 Å². The first kappa shape index (κ1) is 11.5. The Labute approximate surface area is 85.6 Å². The SMILES string of the molecule is COCCN(C)C(=O)C1CNCC1C. The number of hydrogen-bond acceptors (Lipinski definition) is 3. The van der Waals surface area contributed by atoms with Gasteiger partial charge in [-0.15, -0.1) is 0 Å². The second kappa shape index (κ2) is 5.32. The summed E-state index contributed by atoms with van der Waals surface area (Å²) in [5.74, 6) is 0.837. The molecule has 0 radical (unpaired) electrons. The zero-order valence-corrected chi connectivity index (χ0v) is 9.25. The van der Waals surface area contributed by atoms with Gasteiger partial charge in [-0.2, -0.15) is 0 Å². The second-order valence-corrected chi connectivity index (χ2v) is 3.99. The first-order chi connectivity index (χ1) is 6.66. The van der Waals surface area contributed by atoms with Crippen molar-refractivity contribution in [3.63, 3.8) is 0 Å². The van der Waals surface area contributed by atoms with Gasteiger partial charge in [0.15, 0.2) is 0 Å². The van der Waals surface area contributed by atoms with Gasteiger partial charge in [0.05, 0.1) is 12.5 Å². The number of carbonyl (C=O) groups excluding carboxylic acids is 1. The van der Waals surface area contributed by atoms with Gasteiger partial charge in [0, 0.05) is 27.2 Å². The van der Waals surface area contributed by atoms with Crippen LogP contribution >= 0.6 is 0 Å². The van der Waals surface area contributed by atoms with Crippen LogP contribution in [0.15, 0.2) is 0 Å². The van der Waals surface area contributed by atoms with Crippen LogP contribution < -0.4 is 5.32 Å². The monoisotopic (exact) mass is 200 g/mol. The molecular formula is C10H20N2O2. The molecule has 2 unspecified atom stereocenters. The predicted octanol–water partition coefficient (Wildman–Crippen LogP) is -0.0533. The van der Waals surface area contributed by atoms with Crippen molar-refractivity contribution in [2.24, 2.45) is 11.8 Å². The molecule has 0 spiro atoms. The summed E-state index contributed by atoms with van der Waals surface area (Å²) in [4.78, 5) is 13.7. The van der Waals surface area contributed by atoms with Crippen LogP contribution in [-0.2, 0) is 9.53 Å². The van der Waals surface area contributed by atoms with E-state index < -0.39 is 0 Å². The number of nitrogens with one attached hydrogen (secondary N) is 1. The molecular weight excluding hydrogens is 180 g/mol. The van der Waals surface area contributed by atoms with Crippen molar-refractivity contribution < 1.29 is 9.53 Å². The minimum absolute atomic E-state index is 0.150. The fraction of sp³-hybridized carbons (Fsp3) is 0.900. The first-order valence-corrected chi connectivity index (χ1v) is 5.11. The Morgan fingerprint density at radius 3 is 2.79 bits per heavy atom. The van der Waals surface area contributed by atoms with Gasteiger partial charge in [-0.3, -0.25) is 4.79 Å². The molecule has 1 heterocycles. The van der Waals surface area contributed by atoms with E-state index in [0.29, 0.717) is 19.1 Å². The lowest BCUT2D eigenvalue weighted by atomic mass is 9.97. The summed E-state index contributed by atoms with van der Waals surface area (Å²) in [6, 6.07) is 0. The van der Waals surface area contributed by atoms with Gasteiger partial charge in [0.2, 0.25) is 5.91 Å². The molecule has 0 aromatic rings. The number of nitrogens with zero attached hydrogens (tertiary/aromatic N) is 1. The quantitative estimate of drug-likeness (QED) is 0.691. The summed E-state index contributed by atoms with van der Waals surface area (Å²) in [7, 11) is 3.49. The summed E-state index contributed by atoms with van der Waals surface area (Å²) >= 11 is 0. The third-order valence-electron chi connectivity index (χ3n) is 2.84. The smallest absolute Gasteiger partial charge is 0.227 e. The Bertz CT molecular complexity index is 197. The van der Waals surface area contributed by atoms with Gasteiger partial charge in [0.1, 0.15) is 0 Å². The van der Waals surface area contributed by atoms with Gasteiger partial charge in [-0.1, -0.05) is 6.92 Å². The molecule has 0 bridgehead atoms. The molecule has 1 rings (SSSR count). The molecule has 0 aromatic heterocycles. The average molecular weight is 200 g/mol. The van der Waals surface area contributed by atoms with Crippen LogP contribution in [0.2, 0.25) is 0 Å². The molecule has 2 atom stereocenters. The lowest BCUT2D eigenvalue weighted by molar-refractivity contribution is -0.135. The summed E-state index contributed by atoms with van der Waals surface area (Å²) in [5, 5.41) is 3.24. The molecule has 0 aromatic carbocycles. The highest BCUT2D eigenvalue weighted by molar-refractivity contribution is 5.79. The van der Waals surface area contributed by atoms with Crippen molar-refractivity contribution in [1.82, 2.24) is 10.2 Å². The first-order valence-electron chi connectivity index (χ1n) is 5.11. The van der Waals surface area contributed by atoms with Gasteiger partial charge in [-0.25, -0.2) is 0 Å². The fourth-order valence-corrected chi connectivity index (χ4v) is 1.76. The second-order valence-electron chi connectivity index (χ2n) is 3.99. The molecule has 1 fully saturated rings. The molecule has 4 nitrogen and oxygen atoms in total. The maximum absolute atomic E-state index is 11.9. The van der Waals surface area contributed by atoms with Crippen LogP contribution in [0.3, 0.4) is 0 Å². The summed E-state index contributed by atoms with van der Waals surface area (Å²) in [6.45, 7) is 5.17. The lowest BCUT2D eigenvalue weighted by Gasteiger charge is -2.22. The Morgan fingerprint density at radius 1 is 1.57 bits per heavy atom. The lowest BCUT2D eigenvalue weighted by Crippen LogP contribution is -2.37. The van der Waals surface area contributed by atoms with Crippen LogP contribution in [0.5, 0.6) is 0 Å². The number of rotatable bonds is 4. The molecule has 1 aliphatic rings. The van der Waals surface area contributed by atoms with E-state index in [2.05, 4.69) is 12.2 Å². The van der Waals surface area contributed by atoms with Gasteiger partial charge >= 0.3 is 0 Å². The third kappa shape index (κ3) is 2.69. The maximum atomic E-state index is 11.9. The van der Waals surface area contributed by atoms with Crippen molar-refractivity contribution in [2.75, 3.05) is 40.4 Å². The number of methoxy groups -OCH3 is 1. The highest BCUT2D eigenvalue weighted by atomic mass is 16.5. The molecule has 82 valence electrons. The Morgan fingerprint density at radius 2 is 2.29 bits per heavy atom. The van der Waals surface area contributed by atoms with Crippen LogP contribution in [0.1, 0.15) is 6.92 Å². The topological polar surface area (TPSA) is 41.6 Å². The van der Waals surface area contributed by atoms with Crippen molar-refractivity contribution in [3.8, 4) is 0 Å². The fourth-order valence-electron chi connectivity index (χ4n) is 1.76. The average Bonchev–Trinajstić information content (AvgIpc) is 2.59. The number of hydrogen-bond donors (Lipinski definition) is 1. The van der Waals surface area contributed by atoms with Gasteiger partial charge in [-0.05, 0) is 12.5 Å². The van der Waals surface area contributed by atoms with E-state index in [1.807, 2.05) is 7.05 Å². The Balaban J connectivity index is 2.39. The zero-order chi connectivity index (χ0) is 10.6. The largest absolute Gasteiger partial charge is 0.383 e. The van der Waals surface area contributed by atoms with Crippen LogP contribution in [-0.4, -0.2) is 51.2 Å². The van der Waals surface area contributed by atoms with E-state index in [4.69, 9.17) is 4.74 Å². The minimum Gasteiger partial charge on any atom is -0.383 e. The Kier molecular flexibility index (Phi) is 4.35. The zero-order valence-electron chi connectivity index (χ0n) is 9.25. The number of carbonyl (C=O) groups is 1. The molecule has 4 heteroatoms. The Hall–Kier alpha value is -0.610. The van der Waals surface area contributed by atoms with Crippen molar-refractivity contribution in [2.45, 2.75) is 6.92 Å². The summed E-state index contributed by atoms with van der Waals surface area (Å²) in [6.07, 6.45) is 0. The predicted molar refractivity (Wildman–Crippen MR) is 55.0 cm³/mol. The van der Waals surface area contributed by atoms with Crippen LogP contribution in [0.25, 0.3) is 0 Å². The van der Waals surface area contributed by atoms with E-state index >= 15 is 0 Å². The summed E-state index contributed by atoms with van der Waals surface area (Å²) < 4.78 is 4.94. The molecule has 0 aliphatic carbocycles. The normalized spacial score (nSPS) is 26.5. The van der Waals surface area contributed by atoms with E-state index in [1.165, 1.54) is 0 Å². The maximum Gasteiger partial charge on any atom is 0.227 e. The molecule has 1 amide bonds. The van der Waals surface area contributed by atoms with Crippen LogP contribution in [0.4, 0.5) is 0 Å². The minimum atomic E-state index is 0.150. The van der Waals surface area contributed by atoms with E-state index in [0.717, 1.165) is 13.1 Å². The highest BCUT2D eigenvalue weighted by Crippen LogP contribution is 2.17. The number of amides is 1. The molecule has 1 N–H and O–H groups in total. The van der Waals surface area contributed by atoms with Crippen molar-refractivity contribution in [1.29, 1.82) is 0 Å². The molecule has 14 heavy (non-hydrogen) atoms. The van der Waals surface area contributed by atoms with E-state index in [1.54, 1.807) is 12.0 Å². The highest BCUT2D eigenvalue weighted by Gasteiger charge is 2.31. The van der Waals surface area contributed by atoms with Crippen LogP contribution in [0, 0.1) is 11.8 Å². The number of ether oxygens (including phenoxy) is 1. The van der Waals surface area contributed by atoms with E-state index in [9.17, 15) is 4.79 Å². The van der Waals surface area contributed by atoms with Crippen molar-refractivity contribution in [3.05, 3.63) is 0 Å². The van der Waals surface area contributed by atoms with Gasteiger partial charge in [0.25, 0.3) is 0 Å². The molecule has 1 saturated heterocycles. The summed E-state index contributed by atoms with van der Waals surface area (Å²) in [5.41, 5.74) is 0. The number of likely N-dealkylation sites (N-methyl/N-ethyl adjacent to an activating group) is 1. The van der Waals surface area contributed by atoms with E-state index in [-0.39, 0.29) is 11.8 Å². The van der Waals surface area contributed by atoms with Gasteiger partial charge < -0.3 is 15.0 Å². The molecule has 1 aliphatic heterocycles. The molecule has 0 saturated carbocycles. The third-order valence-corrected chi connectivity index (χ3v) is 2.84.